The maximum atomic E-state index is 13.9. The Morgan fingerprint density at radius 1 is 1.25 bits per heavy atom. The van der Waals surface area contributed by atoms with E-state index in [4.69, 9.17) is 17.0 Å². The lowest BCUT2D eigenvalue weighted by molar-refractivity contribution is 0.0527. The predicted molar refractivity (Wildman–Crippen MR) is 129 cm³/mol. The van der Waals surface area contributed by atoms with Gasteiger partial charge in [-0.1, -0.05) is 24.6 Å². The number of nitrogens with one attached hydrogen (secondary N) is 2. The van der Waals surface area contributed by atoms with Crippen LogP contribution in [-0.2, 0) is 24.1 Å². The van der Waals surface area contributed by atoms with Gasteiger partial charge in [0.25, 0.3) is 0 Å². The van der Waals surface area contributed by atoms with E-state index in [1.165, 1.54) is 17.4 Å². The highest BCUT2D eigenvalue weighted by molar-refractivity contribution is 7.80. The molecule has 0 fully saturated rings. The minimum absolute atomic E-state index is 0.265. The molecule has 168 valence electrons. The molecule has 3 aromatic rings. The maximum Gasteiger partial charge on any atom is 0.341 e. The van der Waals surface area contributed by atoms with Crippen LogP contribution in [-0.4, -0.2) is 27.5 Å². The fourth-order valence-electron chi connectivity index (χ4n) is 3.83. The number of esters is 1. The van der Waals surface area contributed by atoms with Crippen molar-refractivity contribution in [2.45, 2.75) is 45.6 Å². The zero-order valence-electron chi connectivity index (χ0n) is 17.8. The van der Waals surface area contributed by atoms with Crippen LogP contribution in [0.5, 0.6) is 0 Å². The number of anilines is 2. The number of thiocarbonyl (C=S) groups is 1. The molecule has 2 heterocycles. The third-order valence-corrected chi connectivity index (χ3v) is 6.72. The first-order valence-electron chi connectivity index (χ1n) is 10.7. The first-order valence-corrected chi connectivity index (χ1v) is 11.9. The zero-order valence-corrected chi connectivity index (χ0v) is 19.5. The lowest BCUT2D eigenvalue weighted by Crippen LogP contribution is -2.20. The van der Waals surface area contributed by atoms with Crippen LogP contribution in [0.2, 0.25) is 0 Å². The van der Waals surface area contributed by atoms with Crippen molar-refractivity contribution in [3.05, 3.63) is 64.0 Å². The number of carbonyl (C=O) groups is 1. The molecule has 2 aromatic heterocycles. The molecule has 32 heavy (non-hydrogen) atoms. The van der Waals surface area contributed by atoms with Crippen LogP contribution in [0.15, 0.2) is 36.7 Å². The molecule has 0 saturated carbocycles. The van der Waals surface area contributed by atoms with Gasteiger partial charge in [0.1, 0.15) is 10.8 Å². The smallest absolute Gasteiger partial charge is 0.341 e. The summed E-state index contributed by atoms with van der Waals surface area (Å²) in [4.78, 5) is 13.9. The highest BCUT2D eigenvalue weighted by Crippen LogP contribution is 2.38. The Hall–Kier alpha value is -2.78. The second kappa shape index (κ2) is 10.2. The van der Waals surface area contributed by atoms with Crippen LogP contribution in [0.1, 0.15) is 52.5 Å². The van der Waals surface area contributed by atoms with Gasteiger partial charge >= 0.3 is 5.97 Å². The van der Waals surface area contributed by atoms with Gasteiger partial charge in [-0.05, 0) is 56.5 Å². The number of thiophene rings is 1. The fourth-order valence-corrected chi connectivity index (χ4v) is 5.40. The average molecular weight is 473 g/mol. The summed E-state index contributed by atoms with van der Waals surface area (Å²) in [6, 6.07) is 6.62. The largest absolute Gasteiger partial charge is 0.462 e. The molecule has 0 saturated heterocycles. The van der Waals surface area contributed by atoms with Gasteiger partial charge < -0.3 is 15.4 Å². The molecular weight excluding hydrogens is 447 g/mol. The Morgan fingerprint density at radius 2 is 2.06 bits per heavy atom. The molecule has 6 nitrogen and oxygen atoms in total. The topological polar surface area (TPSA) is 68.2 Å². The number of aromatic nitrogens is 2. The molecule has 0 atom stereocenters. The van der Waals surface area contributed by atoms with Crippen LogP contribution >= 0.6 is 23.6 Å². The van der Waals surface area contributed by atoms with Gasteiger partial charge in [0.15, 0.2) is 5.11 Å². The molecule has 9 heteroatoms. The second-order valence-corrected chi connectivity index (χ2v) is 9.10. The Balaban J connectivity index is 1.47. The summed E-state index contributed by atoms with van der Waals surface area (Å²) in [7, 11) is 0. The van der Waals surface area contributed by atoms with Gasteiger partial charge in [0, 0.05) is 16.6 Å². The SMILES string of the molecule is CCOC(=O)c1c(NC(=S)Nc2cnn(Cc3ccccc3F)c2)sc2c1CCCCC2. The number of halogens is 1. The van der Waals surface area contributed by atoms with Crippen molar-refractivity contribution < 1.29 is 13.9 Å². The Bertz CT molecular complexity index is 1130. The van der Waals surface area contributed by atoms with E-state index < -0.39 is 0 Å². The standard InChI is InChI=1S/C23H25FN4O2S2/c1-2-30-22(29)20-17-9-4-3-5-11-19(17)32-21(20)27-23(31)26-16-12-25-28(14-16)13-15-8-6-7-10-18(15)24/h6-8,10,12,14H,2-5,9,11,13H2,1H3,(H2,26,27,31). The van der Waals surface area contributed by atoms with Crippen LogP contribution in [0, 0.1) is 5.82 Å². The van der Waals surface area contributed by atoms with Gasteiger partial charge in [-0.3, -0.25) is 4.68 Å². The van der Waals surface area contributed by atoms with Gasteiger partial charge in [0.2, 0.25) is 0 Å². The van der Waals surface area contributed by atoms with Crippen molar-refractivity contribution in [2.24, 2.45) is 0 Å². The van der Waals surface area contributed by atoms with Crippen molar-refractivity contribution in [1.29, 1.82) is 0 Å². The number of carbonyl (C=O) groups excluding carboxylic acids is 1. The van der Waals surface area contributed by atoms with Crippen LogP contribution in [0.25, 0.3) is 0 Å². The molecule has 0 bridgehead atoms. The molecule has 1 aliphatic rings. The lowest BCUT2D eigenvalue weighted by Gasteiger charge is -2.10. The predicted octanol–water partition coefficient (Wildman–Crippen LogP) is 5.39. The second-order valence-electron chi connectivity index (χ2n) is 7.59. The molecule has 0 amide bonds. The third-order valence-electron chi connectivity index (χ3n) is 5.31. The molecular formula is C23H25FN4O2S2. The molecule has 0 aliphatic heterocycles. The van der Waals surface area contributed by atoms with E-state index in [0.29, 0.717) is 40.1 Å². The van der Waals surface area contributed by atoms with Crippen molar-refractivity contribution in [1.82, 2.24) is 9.78 Å². The Kier molecular flexibility index (Phi) is 7.16. The van der Waals surface area contributed by atoms with E-state index in [-0.39, 0.29) is 11.8 Å². The van der Waals surface area contributed by atoms with Crippen molar-refractivity contribution >= 4 is 45.3 Å². The molecule has 0 radical (unpaired) electrons. The van der Waals surface area contributed by atoms with Gasteiger partial charge in [0.05, 0.1) is 30.6 Å². The van der Waals surface area contributed by atoms with E-state index in [0.717, 1.165) is 31.2 Å². The summed E-state index contributed by atoms with van der Waals surface area (Å²) in [6.45, 7) is 2.45. The summed E-state index contributed by atoms with van der Waals surface area (Å²) in [5.41, 5.74) is 2.93. The van der Waals surface area contributed by atoms with Crippen LogP contribution in [0.3, 0.4) is 0 Å². The third kappa shape index (κ3) is 5.16. The van der Waals surface area contributed by atoms with Crippen molar-refractivity contribution in [3.63, 3.8) is 0 Å². The summed E-state index contributed by atoms with van der Waals surface area (Å²) in [6.07, 6.45) is 8.60. The number of nitrogens with zero attached hydrogens (tertiary/aromatic N) is 2. The quantitative estimate of drug-likeness (QED) is 0.285. The number of ether oxygens (including phenoxy) is 1. The molecule has 0 unspecified atom stereocenters. The van der Waals surface area contributed by atoms with E-state index in [1.807, 2.05) is 0 Å². The number of benzene rings is 1. The highest BCUT2D eigenvalue weighted by Gasteiger charge is 2.26. The fraction of sp³-hybridized carbons (Fsp3) is 0.348. The van der Waals surface area contributed by atoms with Crippen molar-refractivity contribution in [2.75, 3.05) is 17.2 Å². The number of hydrogen-bond donors (Lipinski definition) is 2. The zero-order chi connectivity index (χ0) is 22.5. The van der Waals surface area contributed by atoms with Gasteiger partial charge in [-0.2, -0.15) is 5.10 Å². The van der Waals surface area contributed by atoms with Crippen LogP contribution < -0.4 is 10.6 Å². The van der Waals surface area contributed by atoms with Gasteiger partial charge in [-0.15, -0.1) is 11.3 Å². The first-order chi connectivity index (χ1) is 15.5. The summed E-state index contributed by atoms with van der Waals surface area (Å²) in [5, 5.41) is 11.6. The van der Waals surface area contributed by atoms with E-state index in [2.05, 4.69) is 15.7 Å². The molecule has 0 spiro atoms. The highest BCUT2D eigenvalue weighted by atomic mass is 32.1. The molecule has 1 aliphatic carbocycles. The number of aryl methyl sites for hydroxylation is 1. The number of hydrogen-bond acceptors (Lipinski definition) is 5. The molecule has 2 N–H and O–H groups in total. The van der Waals surface area contributed by atoms with E-state index in [9.17, 15) is 9.18 Å². The normalized spacial score (nSPS) is 13.2. The van der Waals surface area contributed by atoms with Gasteiger partial charge in [-0.25, -0.2) is 9.18 Å². The Labute approximate surface area is 195 Å². The minimum atomic E-state index is -0.310. The number of fused-ring (bicyclic) bond motifs is 1. The maximum absolute atomic E-state index is 13.9. The minimum Gasteiger partial charge on any atom is -0.462 e. The summed E-state index contributed by atoms with van der Waals surface area (Å²) >= 11 is 7.07. The van der Waals surface area contributed by atoms with E-state index >= 15 is 0 Å². The monoisotopic (exact) mass is 472 g/mol. The average Bonchev–Trinajstić information content (AvgIpc) is 3.26. The van der Waals surface area contributed by atoms with Crippen LogP contribution in [0.4, 0.5) is 15.1 Å². The summed E-state index contributed by atoms with van der Waals surface area (Å²) < 4.78 is 20.9. The first kappa shape index (κ1) is 22.4. The molecule has 4 rings (SSSR count). The number of rotatable bonds is 6. The molecule has 1 aromatic carbocycles. The lowest BCUT2D eigenvalue weighted by atomic mass is 10.1. The van der Waals surface area contributed by atoms with E-state index in [1.54, 1.807) is 53.5 Å². The summed E-state index contributed by atoms with van der Waals surface area (Å²) in [5.74, 6) is -0.575. The van der Waals surface area contributed by atoms with Crippen molar-refractivity contribution in [3.8, 4) is 0 Å². The Morgan fingerprint density at radius 3 is 2.88 bits per heavy atom.